The Bertz CT molecular complexity index is 519. The lowest BCUT2D eigenvalue weighted by molar-refractivity contribution is 0.0685. The van der Waals surface area contributed by atoms with E-state index in [0.29, 0.717) is 12.2 Å². The zero-order valence-electron chi connectivity index (χ0n) is 9.14. The maximum absolute atomic E-state index is 11.0. The van der Waals surface area contributed by atoms with E-state index in [4.69, 9.17) is 5.11 Å². The van der Waals surface area contributed by atoms with Gasteiger partial charge < -0.3 is 9.67 Å². The van der Waals surface area contributed by atoms with E-state index in [-0.39, 0.29) is 0 Å². The lowest BCUT2D eigenvalue weighted by atomic mass is 10.1. The van der Waals surface area contributed by atoms with Gasteiger partial charge in [-0.2, -0.15) is 0 Å². The Balaban J connectivity index is 2.11. The van der Waals surface area contributed by atoms with Crippen molar-refractivity contribution >= 4 is 21.9 Å². The standard InChI is InChI=1S/C13H12BrNO2/c14-11-8-12(13(16)17)15(9-11)7-6-10-4-2-1-3-5-10/h1-5,8-9H,6-7H2,(H,16,17). The lowest BCUT2D eigenvalue weighted by Gasteiger charge is -2.06. The Hall–Kier alpha value is -1.55. The van der Waals surface area contributed by atoms with Crippen LogP contribution in [0.3, 0.4) is 0 Å². The molecule has 0 spiro atoms. The first-order valence-corrected chi connectivity index (χ1v) is 6.09. The summed E-state index contributed by atoms with van der Waals surface area (Å²) in [5, 5.41) is 9.03. The molecule has 0 aliphatic heterocycles. The second-order valence-corrected chi connectivity index (χ2v) is 4.69. The van der Waals surface area contributed by atoms with Gasteiger partial charge >= 0.3 is 5.97 Å². The molecule has 3 nitrogen and oxygen atoms in total. The summed E-state index contributed by atoms with van der Waals surface area (Å²) in [6.07, 6.45) is 2.62. The molecule has 17 heavy (non-hydrogen) atoms. The quantitative estimate of drug-likeness (QED) is 0.941. The van der Waals surface area contributed by atoms with Gasteiger partial charge in [0.2, 0.25) is 0 Å². The molecule has 0 bridgehead atoms. The van der Waals surface area contributed by atoms with Crippen molar-refractivity contribution in [1.82, 2.24) is 4.57 Å². The lowest BCUT2D eigenvalue weighted by Crippen LogP contribution is -2.09. The number of rotatable bonds is 4. The molecule has 2 aromatic rings. The van der Waals surface area contributed by atoms with E-state index < -0.39 is 5.97 Å². The summed E-state index contributed by atoms with van der Waals surface area (Å²) >= 11 is 3.29. The molecule has 1 aromatic carbocycles. The predicted octanol–water partition coefficient (Wildman–Crippen LogP) is 3.19. The normalized spacial score (nSPS) is 10.4. The van der Waals surface area contributed by atoms with E-state index in [1.165, 1.54) is 5.56 Å². The number of nitrogens with zero attached hydrogens (tertiary/aromatic N) is 1. The molecule has 1 heterocycles. The number of aryl methyl sites for hydroxylation is 2. The number of hydrogen-bond acceptors (Lipinski definition) is 1. The van der Waals surface area contributed by atoms with Crippen molar-refractivity contribution in [2.24, 2.45) is 0 Å². The van der Waals surface area contributed by atoms with Gasteiger partial charge in [-0.05, 0) is 34.0 Å². The number of carboxylic acid groups (broad SMARTS) is 1. The molecule has 0 aliphatic rings. The third-order valence-electron chi connectivity index (χ3n) is 2.57. The number of aromatic carboxylic acids is 1. The van der Waals surface area contributed by atoms with Crippen molar-refractivity contribution in [3.63, 3.8) is 0 Å². The molecule has 0 radical (unpaired) electrons. The third kappa shape index (κ3) is 2.97. The highest BCUT2D eigenvalue weighted by molar-refractivity contribution is 9.10. The van der Waals surface area contributed by atoms with E-state index in [2.05, 4.69) is 15.9 Å². The van der Waals surface area contributed by atoms with Crippen LogP contribution in [-0.4, -0.2) is 15.6 Å². The molecular weight excluding hydrogens is 282 g/mol. The van der Waals surface area contributed by atoms with Crippen LogP contribution >= 0.6 is 15.9 Å². The highest BCUT2D eigenvalue weighted by Gasteiger charge is 2.10. The highest BCUT2D eigenvalue weighted by Crippen LogP contribution is 2.15. The maximum Gasteiger partial charge on any atom is 0.352 e. The van der Waals surface area contributed by atoms with E-state index in [9.17, 15) is 4.79 Å². The van der Waals surface area contributed by atoms with Crippen LogP contribution < -0.4 is 0 Å². The Morgan fingerprint density at radius 3 is 2.65 bits per heavy atom. The summed E-state index contributed by atoms with van der Waals surface area (Å²) in [7, 11) is 0. The number of benzene rings is 1. The molecule has 0 aliphatic carbocycles. The summed E-state index contributed by atoms with van der Waals surface area (Å²) in [4.78, 5) is 11.0. The number of hydrogen-bond donors (Lipinski definition) is 1. The second-order valence-electron chi connectivity index (χ2n) is 3.78. The van der Waals surface area contributed by atoms with E-state index in [0.717, 1.165) is 10.9 Å². The summed E-state index contributed by atoms with van der Waals surface area (Å²) in [6, 6.07) is 11.6. The Labute approximate surface area is 108 Å². The van der Waals surface area contributed by atoms with Crippen LogP contribution in [0.5, 0.6) is 0 Å². The first-order valence-electron chi connectivity index (χ1n) is 5.30. The van der Waals surface area contributed by atoms with Crippen molar-refractivity contribution in [3.05, 3.63) is 58.3 Å². The fourth-order valence-corrected chi connectivity index (χ4v) is 2.20. The second kappa shape index (κ2) is 5.19. The topological polar surface area (TPSA) is 42.2 Å². The maximum atomic E-state index is 11.0. The first kappa shape index (κ1) is 11.9. The monoisotopic (exact) mass is 293 g/mol. The van der Waals surface area contributed by atoms with Crippen molar-refractivity contribution in [2.45, 2.75) is 13.0 Å². The summed E-state index contributed by atoms with van der Waals surface area (Å²) in [5.41, 5.74) is 1.52. The largest absolute Gasteiger partial charge is 0.477 e. The smallest absolute Gasteiger partial charge is 0.352 e. The van der Waals surface area contributed by atoms with E-state index in [1.807, 2.05) is 30.3 Å². The van der Waals surface area contributed by atoms with Gasteiger partial charge in [0.25, 0.3) is 0 Å². The van der Waals surface area contributed by atoms with Crippen LogP contribution in [0.25, 0.3) is 0 Å². The number of halogens is 1. The van der Waals surface area contributed by atoms with Crippen LogP contribution in [0.15, 0.2) is 47.1 Å². The van der Waals surface area contributed by atoms with Crippen LogP contribution in [0.2, 0.25) is 0 Å². The number of carboxylic acids is 1. The van der Waals surface area contributed by atoms with Gasteiger partial charge in [-0.3, -0.25) is 0 Å². The fourth-order valence-electron chi connectivity index (χ4n) is 1.73. The van der Waals surface area contributed by atoms with Gasteiger partial charge in [-0.25, -0.2) is 4.79 Å². The molecule has 0 atom stereocenters. The molecule has 0 saturated heterocycles. The minimum Gasteiger partial charge on any atom is -0.477 e. The summed E-state index contributed by atoms with van der Waals surface area (Å²) in [5.74, 6) is -0.899. The fraction of sp³-hybridized carbons (Fsp3) is 0.154. The number of aromatic nitrogens is 1. The van der Waals surface area contributed by atoms with Crippen LogP contribution in [0, 0.1) is 0 Å². The van der Waals surface area contributed by atoms with E-state index >= 15 is 0 Å². The van der Waals surface area contributed by atoms with Gasteiger partial charge in [-0.1, -0.05) is 30.3 Å². The van der Waals surface area contributed by atoms with Crippen molar-refractivity contribution < 1.29 is 9.90 Å². The zero-order chi connectivity index (χ0) is 12.3. The number of carbonyl (C=O) groups is 1. The molecule has 4 heteroatoms. The van der Waals surface area contributed by atoms with Crippen LogP contribution in [0.1, 0.15) is 16.1 Å². The molecule has 1 N–H and O–H groups in total. The predicted molar refractivity (Wildman–Crippen MR) is 69.2 cm³/mol. The average Bonchev–Trinajstić information content (AvgIpc) is 2.69. The van der Waals surface area contributed by atoms with Gasteiger partial charge in [0, 0.05) is 17.2 Å². The van der Waals surface area contributed by atoms with E-state index in [1.54, 1.807) is 16.8 Å². The molecule has 0 amide bonds. The Morgan fingerprint density at radius 1 is 1.29 bits per heavy atom. The van der Waals surface area contributed by atoms with Gasteiger partial charge in [0.15, 0.2) is 0 Å². The third-order valence-corrected chi connectivity index (χ3v) is 3.00. The SMILES string of the molecule is O=C(O)c1cc(Br)cn1CCc1ccccc1. The minimum absolute atomic E-state index is 0.313. The molecule has 0 saturated carbocycles. The Kier molecular flexibility index (Phi) is 3.64. The van der Waals surface area contributed by atoms with Gasteiger partial charge in [0.05, 0.1) is 0 Å². The van der Waals surface area contributed by atoms with Gasteiger partial charge in [-0.15, -0.1) is 0 Å². The van der Waals surface area contributed by atoms with Crippen molar-refractivity contribution in [3.8, 4) is 0 Å². The van der Waals surface area contributed by atoms with Gasteiger partial charge in [0.1, 0.15) is 5.69 Å². The van der Waals surface area contributed by atoms with Crippen LogP contribution in [-0.2, 0) is 13.0 Å². The molecule has 88 valence electrons. The van der Waals surface area contributed by atoms with Crippen molar-refractivity contribution in [2.75, 3.05) is 0 Å². The summed E-state index contributed by atoms with van der Waals surface area (Å²) in [6.45, 7) is 0.664. The molecule has 0 unspecified atom stereocenters. The van der Waals surface area contributed by atoms with Crippen molar-refractivity contribution in [1.29, 1.82) is 0 Å². The van der Waals surface area contributed by atoms with Crippen LogP contribution in [0.4, 0.5) is 0 Å². The molecular formula is C13H12BrNO2. The first-order chi connectivity index (χ1) is 8.16. The minimum atomic E-state index is -0.899. The molecule has 2 rings (SSSR count). The molecule has 0 fully saturated rings. The zero-order valence-corrected chi connectivity index (χ0v) is 10.7. The summed E-state index contributed by atoms with van der Waals surface area (Å²) < 4.78 is 2.54. The highest BCUT2D eigenvalue weighted by atomic mass is 79.9. The average molecular weight is 294 g/mol. The molecule has 1 aromatic heterocycles. The Morgan fingerprint density at radius 2 is 2.00 bits per heavy atom.